The average Bonchev–Trinajstić information content (AvgIpc) is 2.47. The maximum absolute atomic E-state index is 12.3. The van der Waals surface area contributed by atoms with Gasteiger partial charge in [-0.1, -0.05) is 15.9 Å². The normalized spacial score (nSPS) is 19.2. The number of ether oxygens (including phenoxy) is 2. The number of halogens is 3. The highest BCUT2D eigenvalue weighted by molar-refractivity contribution is 9.09. The lowest BCUT2D eigenvalue weighted by Gasteiger charge is -2.32. The van der Waals surface area contributed by atoms with Crippen LogP contribution >= 0.6 is 15.9 Å². The van der Waals surface area contributed by atoms with Crippen molar-refractivity contribution in [1.29, 1.82) is 0 Å². The standard InChI is InChI=1S/C13H14BrF2NO3/c14-7-11-8-17(5-6-19-11)12(18)9-1-3-10(4-2-9)20-13(15)16/h1-4,11,13H,5-8H2. The molecule has 1 aliphatic rings. The van der Waals surface area contributed by atoms with Crippen LogP contribution in [0.2, 0.25) is 0 Å². The number of carbonyl (C=O) groups excluding carboxylic acids is 1. The Morgan fingerprint density at radius 3 is 2.75 bits per heavy atom. The number of nitrogens with zero attached hydrogens (tertiary/aromatic N) is 1. The average molecular weight is 350 g/mol. The van der Waals surface area contributed by atoms with Crippen molar-refractivity contribution < 1.29 is 23.0 Å². The molecular formula is C13H14BrF2NO3. The third-order valence-electron chi connectivity index (χ3n) is 2.92. The van der Waals surface area contributed by atoms with Gasteiger partial charge in [-0.3, -0.25) is 4.79 Å². The second kappa shape index (κ2) is 6.99. The summed E-state index contributed by atoms with van der Waals surface area (Å²) >= 11 is 3.33. The van der Waals surface area contributed by atoms with E-state index in [4.69, 9.17) is 4.74 Å². The number of hydrogen-bond acceptors (Lipinski definition) is 3. The van der Waals surface area contributed by atoms with Crippen molar-refractivity contribution in [2.45, 2.75) is 12.7 Å². The van der Waals surface area contributed by atoms with Crippen LogP contribution in [0.1, 0.15) is 10.4 Å². The van der Waals surface area contributed by atoms with Crippen LogP contribution in [0.3, 0.4) is 0 Å². The van der Waals surface area contributed by atoms with E-state index >= 15 is 0 Å². The maximum Gasteiger partial charge on any atom is 0.387 e. The van der Waals surface area contributed by atoms with E-state index in [-0.39, 0.29) is 17.8 Å². The van der Waals surface area contributed by atoms with Crippen molar-refractivity contribution in [3.8, 4) is 5.75 Å². The van der Waals surface area contributed by atoms with Crippen molar-refractivity contribution in [3.05, 3.63) is 29.8 Å². The van der Waals surface area contributed by atoms with E-state index in [0.29, 0.717) is 30.6 Å². The Morgan fingerprint density at radius 2 is 2.15 bits per heavy atom. The fourth-order valence-electron chi connectivity index (χ4n) is 1.96. The van der Waals surface area contributed by atoms with E-state index in [1.807, 2.05) is 0 Å². The number of alkyl halides is 3. The largest absolute Gasteiger partial charge is 0.435 e. The summed E-state index contributed by atoms with van der Waals surface area (Å²) in [7, 11) is 0. The predicted octanol–water partition coefficient (Wildman–Crippen LogP) is 2.52. The van der Waals surface area contributed by atoms with Crippen LogP contribution < -0.4 is 4.74 Å². The molecule has 1 unspecified atom stereocenters. The van der Waals surface area contributed by atoms with Gasteiger partial charge in [-0.2, -0.15) is 8.78 Å². The minimum atomic E-state index is -2.87. The summed E-state index contributed by atoms with van der Waals surface area (Å²) in [6.45, 7) is -1.33. The highest BCUT2D eigenvalue weighted by atomic mass is 79.9. The molecule has 2 rings (SSSR count). The molecule has 1 aliphatic heterocycles. The van der Waals surface area contributed by atoms with E-state index in [1.165, 1.54) is 24.3 Å². The van der Waals surface area contributed by atoms with Gasteiger partial charge in [-0.25, -0.2) is 0 Å². The van der Waals surface area contributed by atoms with Gasteiger partial charge in [-0.15, -0.1) is 0 Å². The Hall–Kier alpha value is -1.21. The molecule has 20 heavy (non-hydrogen) atoms. The molecule has 1 fully saturated rings. The van der Waals surface area contributed by atoms with Crippen molar-refractivity contribution in [3.63, 3.8) is 0 Å². The summed E-state index contributed by atoms with van der Waals surface area (Å²) in [4.78, 5) is 14.0. The lowest BCUT2D eigenvalue weighted by atomic mass is 10.1. The number of hydrogen-bond donors (Lipinski definition) is 0. The summed E-state index contributed by atoms with van der Waals surface area (Å²) in [6.07, 6.45) is -0.0193. The number of rotatable bonds is 4. The van der Waals surface area contributed by atoms with Gasteiger partial charge in [0.1, 0.15) is 5.75 Å². The molecule has 1 amide bonds. The Bertz CT molecular complexity index is 455. The van der Waals surface area contributed by atoms with Crippen molar-refractivity contribution in [2.24, 2.45) is 0 Å². The summed E-state index contributed by atoms with van der Waals surface area (Å²) in [5, 5.41) is 0.665. The van der Waals surface area contributed by atoms with E-state index in [9.17, 15) is 13.6 Å². The summed E-state index contributed by atoms with van der Waals surface area (Å²) < 4.78 is 33.8. The first-order valence-corrected chi connectivity index (χ1v) is 7.24. The molecule has 0 spiro atoms. The first-order chi connectivity index (χ1) is 9.60. The Kier molecular flexibility index (Phi) is 5.31. The number of benzene rings is 1. The molecular weight excluding hydrogens is 336 g/mol. The smallest absolute Gasteiger partial charge is 0.387 e. The van der Waals surface area contributed by atoms with Gasteiger partial charge in [-0.05, 0) is 24.3 Å². The van der Waals surface area contributed by atoms with Gasteiger partial charge in [0.25, 0.3) is 5.91 Å². The first-order valence-electron chi connectivity index (χ1n) is 6.12. The Morgan fingerprint density at radius 1 is 1.45 bits per heavy atom. The van der Waals surface area contributed by atoms with Crippen LogP contribution in [-0.4, -0.2) is 48.5 Å². The monoisotopic (exact) mass is 349 g/mol. The molecule has 0 bridgehead atoms. The van der Waals surface area contributed by atoms with Crippen molar-refractivity contribution in [1.82, 2.24) is 4.90 Å². The predicted molar refractivity (Wildman–Crippen MR) is 72.5 cm³/mol. The van der Waals surface area contributed by atoms with Crippen LogP contribution in [0.25, 0.3) is 0 Å². The topological polar surface area (TPSA) is 38.8 Å². The maximum atomic E-state index is 12.3. The quantitative estimate of drug-likeness (QED) is 0.784. The molecule has 1 aromatic carbocycles. The molecule has 0 saturated carbocycles. The molecule has 1 saturated heterocycles. The lowest BCUT2D eigenvalue weighted by molar-refractivity contribution is -0.0498. The molecule has 110 valence electrons. The number of carbonyl (C=O) groups is 1. The van der Waals surface area contributed by atoms with E-state index in [0.717, 1.165) is 0 Å². The summed E-state index contributed by atoms with van der Waals surface area (Å²) in [5.74, 6) is -0.0975. The van der Waals surface area contributed by atoms with Gasteiger partial charge in [0, 0.05) is 24.0 Å². The van der Waals surface area contributed by atoms with Gasteiger partial charge >= 0.3 is 6.61 Å². The highest BCUT2D eigenvalue weighted by Crippen LogP contribution is 2.17. The van der Waals surface area contributed by atoms with E-state index in [1.54, 1.807) is 4.90 Å². The lowest BCUT2D eigenvalue weighted by Crippen LogP contribution is -2.46. The molecule has 0 aliphatic carbocycles. The van der Waals surface area contributed by atoms with Gasteiger partial charge in [0.15, 0.2) is 0 Å². The Labute approximate surface area is 123 Å². The van der Waals surface area contributed by atoms with Gasteiger partial charge < -0.3 is 14.4 Å². The molecule has 0 radical (unpaired) electrons. The highest BCUT2D eigenvalue weighted by Gasteiger charge is 2.24. The second-order valence-corrected chi connectivity index (χ2v) is 4.95. The van der Waals surface area contributed by atoms with Gasteiger partial charge in [0.05, 0.1) is 12.7 Å². The fourth-order valence-corrected chi connectivity index (χ4v) is 2.35. The van der Waals surface area contributed by atoms with Crippen LogP contribution in [-0.2, 0) is 4.74 Å². The Balaban J connectivity index is 2.01. The third kappa shape index (κ3) is 3.89. The summed E-state index contributed by atoms with van der Waals surface area (Å²) in [6, 6.07) is 5.70. The zero-order valence-electron chi connectivity index (χ0n) is 10.6. The minimum absolute atomic E-state index is 0.0193. The molecule has 1 aromatic rings. The van der Waals surface area contributed by atoms with Crippen molar-refractivity contribution >= 4 is 21.8 Å². The van der Waals surface area contributed by atoms with Crippen LogP contribution in [0, 0.1) is 0 Å². The minimum Gasteiger partial charge on any atom is -0.435 e. The van der Waals surface area contributed by atoms with Crippen molar-refractivity contribution in [2.75, 3.05) is 25.0 Å². The van der Waals surface area contributed by atoms with Gasteiger partial charge in [0.2, 0.25) is 0 Å². The van der Waals surface area contributed by atoms with Crippen LogP contribution in [0.5, 0.6) is 5.75 Å². The fraction of sp³-hybridized carbons (Fsp3) is 0.462. The van der Waals surface area contributed by atoms with E-state index < -0.39 is 6.61 Å². The molecule has 4 nitrogen and oxygen atoms in total. The van der Waals surface area contributed by atoms with E-state index in [2.05, 4.69) is 20.7 Å². The summed E-state index contributed by atoms with van der Waals surface area (Å²) in [5.41, 5.74) is 0.446. The molecule has 0 aromatic heterocycles. The zero-order valence-corrected chi connectivity index (χ0v) is 12.2. The third-order valence-corrected chi connectivity index (χ3v) is 3.65. The second-order valence-electron chi connectivity index (χ2n) is 4.30. The molecule has 1 heterocycles. The molecule has 0 N–H and O–H groups in total. The van der Waals surface area contributed by atoms with Crippen LogP contribution in [0.4, 0.5) is 8.78 Å². The zero-order chi connectivity index (χ0) is 14.5. The SMILES string of the molecule is O=C(c1ccc(OC(F)F)cc1)N1CCOC(CBr)C1. The van der Waals surface area contributed by atoms with Crippen LogP contribution in [0.15, 0.2) is 24.3 Å². The number of morpholine rings is 1. The molecule has 7 heteroatoms. The number of amides is 1. The molecule has 1 atom stereocenters. The first kappa shape index (κ1) is 15.2.